The van der Waals surface area contributed by atoms with Crippen molar-refractivity contribution in [3.63, 3.8) is 0 Å². The van der Waals surface area contributed by atoms with Crippen molar-refractivity contribution < 1.29 is 18.1 Å². The van der Waals surface area contributed by atoms with E-state index in [1.807, 2.05) is 0 Å². The van der Waals surface area contributed by atoms with Crippen molar-refractivity contribution >= 4 is 11.4 Å². The molecule has 0 aliphatic heterocycles. The van der Waals surface area contributed by atoms with Gasteiger partial charge in [0.05, 0.1) is 4.92 Å². The van der Waals surface area contributed by atoms with Crippen molar-refractivity contribution in [3.8, 4) is 0 Å². The highest BCUT2D eigenvalue weighted by Gasteiger charge is 2.26. The highest BCUT2D eigenvalue weighted by molar-refractivity contribution is 5.59. The molecule has 1 N–H and O–H groups in total. The van der Waals surface area contributed by atoms with Gasteiger partial charge in [0, 0.05) is 29.8 Å². The highest BCUT2D eigenvalue weighted by atomic mass is 19.4. The van der Waals surface area contributed by atoms with E-state index in [2.05, 4.69) is 5.32 Å². The summed E-state index contributed by atoms with van der Waals surface area (Å²) in [6.07, 6.45) is -4.48. The van der Waals surface area contributed by atoms with Gasteiger partial charge in [-0.2, -0.15) is 13.2 Å². The van der Waals surface area contributed by atoms with Crippen LogP contribution in [-0.2, 0) is 0 Å². The van der Waals surface area contributed by atoms with E-state index in [4.69, 9.17) is 0 Å². The van der Waals surface area contributed by atoms with Gasteiger partial charge in [-0.25, -0.2) is 0 Å². The molecule has 0 aromatic heterocycles. The number of rotatable bonds is 6. The fourth-order valence-corrected chi connectivity index (χ4v) is 2.10. The normalized spacial score (nSPS) is 13.0. The number of nitrogens with one attached hydrogen (secondary N) is 1. The fraction of sp³-hybridized carbons (Fsp3) is 0.571. The van der Waals surface area contributed by atoms with Crippen LogP contribution in [0.4, 0.5) is 24.5 Å². The van der Waals surface area contributed by atoms with Gasteiger partial charge < -0.3 is 5.32 Å². The van der Waals surface area contributed by atoms with Crippen LogP contribution in [0, 0.1) is 24.0 Å². The zero-order valence-electron chi connectivity index (χ0n) is 12.3. The SMILES string of the molecule is Cc1cc([N+](=O)[O-])c(C)cc1NC(C)CCCC(F)(F)F. The number of aryl methyl sites for hydroxylation is 2. The lowest BCUT2D eigenvalue weighted by Gasteiger charge is -2.18. The van der Waals surface area contributed by atoms with E-state index in [1.54, 1.807) is 26.8 Å². The molecular weight excluding hydrogens is 285 g/mol. The number of hydrogen-bond acceptors (Lipinski definition) is 3. The van der Waals surface area contributed by atoms with E-state index in [9.17, 15) is 23.3 Å². The monoisotopic (exact) mass is 304 g/mol. The zero-order chi connectivity index (χ0) is 16.2. The minimum absolute atomic E-state index is 0.0442. The van der Waals surface area contributed by atoms with Crippen LogP contribution in [0.1, 0.15) is 37.3 Å². The first-order valence-electron chi connectivity index (χ1n) is 6.69. The average molecular weight is 304 g/mol. The van der Waals surface area contributed by atoms with Crippen LogP contribution in [0.15, 0.2) is 12.1 Å². The molecule has 0 saturated carbocycles. The molecule has 0 heterocycles. The molecule has 1 atom stereocenters. The first-order chi connectivity index (χ1) is 9.60. The Kier molecular flexibility index (Phi) is 5.57. The molecule has 0 aliphatic carbocycles. The van der Waals surface area contributed by atoms with Gasteiger partial charge in [0.15, 0.2) is 0 Å². The second-order valence-corrected chi connectivity index (χ2v) is 5.26. The van der Waals surface area contributed by atoms with Crippen molar-refractivity contribution in [2.75, 3.05) is 5.32 Å². The molecule has 0 spiro atoms. The number of nitrogens with zero attached hydrogens (tertiary/aromatic N) is 1. The van der Waals surface area contributed by atoms with Crippen molar-refractivity contribution in [1.82, 2.24) is 0 Å². The van der Waals surface area contributed by atoms with Gasteiger partial charge in [-0.1, -0.05) is 0 Å². The van der Waals surface area contributed by atoms with Crippen LogP contribution >= 0.6 is 0 Å². The topological polar surface area (TPSA) is 55.2 Å². The second-order valence-electron chi connectivity index (χ2n) is 5.26. The summed E-state index contributed by atoms with van der Waals surface area (Å²) in [6.45, 7) is 5.17. The molecule has 21 heavy (non-hydrogen) atoms. The number of anilines is 1. The zero-order valence-corrected chi connectivity index (χ0v) is 12.3. The molecule has 0 fully saturated rings. The number of hydrogen-bond donors (Lipinski definition) is 1. The van der Waals surface area contributed by atoms with E-state index in [-0.39, 0.29) is 18.2 Å². The Labute approximate surface area is 121 Å². The van der Waals surface area contributed by atoms with Crippen LogP contribution in [0.25, 0.3) is 0 Å². The van der Waals surface area contributed by atoms with Gasteiger partial charge in [-0.15, -0.1) is 0 Å². The summed E-state index contributed by atoms with van der Waals surface area (Å²) in [5, 5.41) is 13.9. The fourth-order valence-electron chi connectivity index (χ4n) is 2.10. The standard InChI is InChI=1S/C14H19F3N2O2/c1-9-8-13(19(20)21)10(2)7-12(9)18-11(3)5-4-6-14(15,16)17/h7-8,11,18H,4-6H2,1-3H3. The van der Waals surface area contributed by atoms with Crippen LogP contribution in [0.5, 0.6) is 0 Å². The third kappa shape index (κ3) is 5.61. The minimum atomic E-state index is -4.13. The Morgan fingerprint density at radius 1 is 1.29 bits per heavy atom. The van der Waals surface area contributed by atoms with Crippen molar-refractivity contribution in [3.05, 3.63) is 33.4 Å². The molecule has 118 valence electrons. The molecule has 0 radical (unpaired) electrons. The van der Waals surface area contributed by atoms with Crippen molar-refractivity contribution in [2.24, 2.45) is 0 Å². The Morgan fingerprint density at radius 2 is 1.90 bits per heavy atom. The Morgan fingerprint density at radius 3 is 2.43 bits per heavy atom. The van der Waals surface area contributed by atoms with E-state index in [0.29, 0.717) is 17.5 Å². The maximum absolute atomic E-state index is 12.1. The largest absolute Gasteiger partial charge is 0.389 e. The van der Waals surface area contributed by atoms with Gasteiger partial charge in [-0.05, 0) is 45.2 Å². The summed E-state index contributed by atoms with van der Waals surface area (Å²) in [5.41, 5.74) is 1.99. The van der Waals surface area contributed by atoms with Gasteiger partial charge in [0.1, 0.15) is 0 Å². The Balaban J connectivity index is 2.66. The van der Waals surface area contributed by atoms with E-state index in [1.165, 1.54) is 6.07 Å². The van der Waals surface area contributed by atoms with Gasteiger partial charge in [-0.3, -0.25) is 10.1 Å². The maximum Gasteiger partial charge on any atom is 0.389 e. The van der Waals surface area contributed by atoms with Crippen LogP contribution < -0.4 is 5.32 Å². The predicted octanol–water partition coefficient (Wildman–Crippen LogP) is 4.74. The summed E-state index contributed by atoms with van der Waals surface area (Å²) in [4.78, 5) is 10.4. The quantitative estimate of drug-likeness (QED) is 0.610. The lowest BCUT2D eigenvalue weighted by Crippen LogP contribution is -2.17. The highest BCUT2D eigenvalue weighted by Crippen LogP contribution is 2.27. The van der Waals surface area contributed by atoms with E-state index < -0.39 is 17.5 Å². The van der Waals surface area contributed by atoms with E-state index in [0.717, 1.165) is 5.69 Å². The van der Waals surface area contributed by atoms with Gasteiger partial charge >= 0.3 is 6.18 Å². The number of benzene rings is 1. The third-order valence-corrected chi connectivity index (χ3v) is 3.24. The summed E-state index contributed by atoms with van der Waals surface area (Å²) in [5.74, 6) is 0. The molecule has 0 saturated heterocycles. The summed E-state index contributed by atoms with van der Waals surface area (Å²) in [6, 6.07) is 3.00. The van der Waals surface area contributed by atoms with Crippen LogP contribution in [0.2, 0.25) is 0 Å². The molecule has 1 aromatic carbocycles. The molecule has 0 aliphatic rings. The summed E-state index contributed by atoms with van der Waals surface area (Å²) in [7, 11) is 0. The van der Waals surface area contributed by atoms with Crippen LogP contribution in [-0.4, -0.2) is 17.1 Å². The molecule has 1 aromatic rings. The van der Waals surface area contributed by atoms with Gasteiger partial charge in [0.2, 0.25) is 0 Å². The number of nitro groups is 1. The number of alkyl halides is 3. The minimum Gasteiger partial charge on any atom is -0.382 e. The average Bonchev–Trinajstić information content (AvgIpc) is 2.31. The summed E-state index contributed by atoms with van der Waals surface area (Å²) < 4.78 is 36.3. The van der Waals surface area contributed by atoms with Crippen LogP contribution in [0.3, 0.4) is 0 Å². The number of halogens is 3. The lowest BCUT2D eigenvalue weighted by molar-refractivity contribution is -0.385. The molecule has 1 rings (SSSR count). The molecule has 1 unspecified atom stereocenters. The molecule has 0 amide bonds. The smallest absolute Gasteiger partial charge is 0.382 e. The maximum atomic E-state index is 12.1. The third-order valence-electron chi connectivity index (χ3n) is 3.24. The van der Waals surface area contributed by atoms with Crippen molar-refractivity contribution in [2.45, 2.75) is 52.3 Å². The van der Waals surface area contributed by atoms with Crippen molar-refractivity contribution in [1.29, 1.82) is 0 Å². The summed E-state index contributed by atoms with van der Waals surface area (Å²) >= 11 is 0. The van der Waals surface area contributed by atoms with Gasteiger partial charge in [0.25, 0.3) is 5.69 Å². The Bertz CT molecular complexity index is 516. The molecule has 7 heteroatoms. The lowest BCUT2D eigenvalue weighted by atomic mass is 10.1. The number of nitro benzene ring substituents is 1. The molecule has 4 nitrogen and oxygen atoms in total. The molecular formula is C14H19F3N2O2. The first-order valence-corrected chi connectivity index (χ1v) is 6.69. The molecule has 0 bridgehead atoms. The second kappa shape index (κ2) is 6.78. The Hall–Kier alpha value is -1.79. The predicted molar refractivity (Wildman–Crippen MR) is 75.6 cm³/mol. The van der Waals surface area contributed by atoms with E-state index >= 15 is 0 Å². The first kappa shape index (κ1) is 17.3.